The summed E-state index contributed by atoms with van der Waals surface area (Å²) >= 11 is 0. The zero-order chi connectivity index (χ0) is 12.3. The summed E-state index contributed by atoms with van der Waals surface area (Å²) in [4.78, 5) is 40.2. The van der Waals surface area contributed by atoms with Crippen LogP contribution in [-0.4, -0.2) is 45.7 Å². The molecule has 1 aliphatic heterocycles. The van der Waals surface area contributed by atoms with Crippen molar-refractivity contribution in [3.05, 3.63) is 12.2 Å². The van der Waals surface area contributed by atoms with Gasteiger partial charge in [-0.05, 0) is 0 Å². The minimum absolute atomic E-state index is 0.220. The van der Waals surface area contributed by atoms with Gasteiger partial charge in [-0.15, -0.1) is 0 Å². The predicted molar refractivity (Wildman–Crippen MR) is 51.8 cm³/mol. The van der Waals surface area contributed by atoms with Gasteiger partial charge in [-0.25, -0.2) is 4.57 Å². The Hall–Kier alpha value is -1.05. The second kappa shape index (κ2) is 4.86. The lowest BCUT2D eigenvalue weighted by Gasteiger charge is -2.21. The monoisotopic (exact) mass is 250 g/mol. The number of hydrogen-bond acceptors (Lipinski definition) is 5. The van der Waals surface area contributed by atoms with Crippen LogP contribution in [0.3, 0.4) is 0 Å². The number of nitrogens with zero attached hydrogens (tertiary/aromatic N) is 1. The third-order valence-electron chi connectivity index (χ3n) is 1.84. The molecule has 0 radical (unpaired) electrons. The zero-order valence-electron chi connectivity index (χ0n) is 8.15. The van der Waals surface area contributed by atoms with Gasteiger partial charge in [0.1, 0.15) is 0 Å². The van der Waals surface area contributed by atoms with Crippen molar-refractivity contribution in [1.29, 1.82) is 0 Å². The van der Waals surface area contributed by atoms with Crippen LogP contribution in [0.1, 0.15) is 0 Å². The highest BCUT2D eigenvalue weighted by Crippen LogP contribution is 2.37. The fraction of sp³-hybridized carbons (Fsp3) is 0.429. The van der Waals surface area contributed by atoms with Crippen molar-refractivity contribution in [2.24, 2.45) is 5.73 Å². The van der Waals surface area contributed by atoms with Crippen LogP contribution < -0.4 is 5.73 Å². The number of phosphoric ester groups is 1. The van der Waals surface area contributed by atoms with Crippen LogP contribution in [0.4, 0.5) is 0 Å². The molecule has 0 aliphatic carbocycles. The summed E-state index contributed by atoms with van der Waals surface area (Å²) in [5, 5.41) is 0. The summed E-state index contributed by atoms with van der Waals surface area (Å²) < 4.78 is 14.9. The Morgan fingerprint density at radius 3 is 2.25 bits per heavy atom. The van der Waals surface area contributed by atoms with E-state index in [-0.39, 0.29) is 13.1 Å². The lowest BCUT2D eigenvalue weighted by molar-refractivity contribution is -0.138. The van der Waals surface area contributed by atoms with E-state index in [9.17, 15) is 14.2 Å². The fourth-order valence-corrected chi connectivity index (χ4v) is 1.70. The van der Waals surface area contributed by atoms with E-state index in [1.807, 2.05) is 0 Å². The average Bonchev–Trinajstić information content (AvgIpc) is 2.46. The van der Waals surface area contributed by atoms with E-state index in [1.54, 1.807) is 0 Å². The van der Waals surface area contributed by atoms with Gasteiger partial charge in [0.15, 0.2) is 0 Å². The van der Waals surface area contributed by atoms with Crippen LogP contribution in [-0.2, 0) is 18.7 Å². The molecular weight excluding hydrogens is 239 g/mol. The molecule has 4 N–H and O–H groups in total. The molecule has 1 unspecified atom stereocenters. The molecular formula is C7H11N2O6P. The Balaban J connectivity index is 2.61. The molecule has 0 fully saturated rings. The van der Waals surface area contributed by atoms with Crippen molar-refractivity contribution < 1.29 is 28.5 Å². The van der Waals surface area contributed by atoms with E-state index >= 15 is 0 Å². The Labute approximate surface area is 90.9 Å². The lowest BCUT2D eigenvalue weighted by atomic mass is 10.3. The van der Waals surface area contributed by atoms with Crippen molar-refractivity contribution in [3.63, 3.8) is 0 Å². The van der Waals surface area contributed by atoms with Gasteiger partial charge in [0.05, 0.1) is 12.6 Å². The second-order valence-electron chi connectivity index (χ2n) is 3.07. The van der Waals surface area contributed by atoms with Crippen LogP contribution in [0.15, 0.2) is 12.2 Å². The number of imide groups is 1. The molecule has 0 aromatic carbocycles. The third-order valence-corrected chi connectivity index (χ3v) is 2.41. The molecule has 9 heteroatoms. The maximum Gasteiger partial charge on any atom is 0.469 e. The number of rotatable bonds is 5. The Morgan fingerprint density at radius 1 is 1.38 bits per heavy atom. The quantitative estimate of drug-likeness (QED) is 0.393. The SMILES string of the molecule is NCC(CN1C(=O)C=CC1=O)OP(=O)(O)O. The lowest BCUT2D eigenvalue weighted by Crippen LogP contribution is -2.41. The first-order valence-electron chi connectivity index (χ1n) is 4.31. The van der Waals surface area contributed by atoms with E-state index in [1.165, 1.54) is 0 Å². The van der Waals surface area contributed by atoms with Crippen molar-refractivity contribution in [2.45, 2.75) is 6.10 Å². The van der Waals surface area contributed by atoms with Crippen molar-refractivity contribution in [2.75, 3.05) is 13.1 Å². The van der Waals surface area contributed by atoms with Crippen LogP contribution in [0.5, 0.6) is 0 Å². The van der Waals surface area contributed by atoms with Gasteiger partial charge in [-0.2, -0.15) is 0 Å². The molecule has 0 saturated carbocycles. The summed E-state index contributed by atoms with van der Waals surface area (Å²) in [6, 6.07) is 0. The van der Waals surface area contributed by atoms with Crippen molar-refractivity contribution in [3.8, 4) is 0 Å². The molecule has 0 spiro atoms. The Morgan fingerprint density at radius 2 is 1.88 bits per heavy atom. The van der Waals surface area contributed by atoms with Gasteiger partial charge in [-0.3, -0.25) is 19.0 Å². The average molecular weight is 250 g/mol. The number of carbonyl (C=O) groups is 2. The second-order valence-corrected chi connectivity index (χ2v) is 4.27. The van der Waals surface area contributed by atoms with Crippen molar-refractivity contribution in [1.82, 2.24) is 4.90 Å². The van der Waals surface area contributed by atoms with Gasteiger partial charge in [-0.1, -0.05) is 0 Å². The van der Waals surface area contributed by atoms with Crippen LogP contribution >= 0.6 is 7.82 Å². The number of nitrogens with two attached hydrogens (primary N) is 1. The van der Waals surface area contributed by atoms with E-state index in [4.69, 9.17) is 15.5 Å². The maximum atomic E-state index is 11.1. The zero-order valence-corrected chi connectivity index (χ0v) is 9.04. The molecule has 0 saturated heterocycles. The third kappa shape index (κ3) is 3.51. The van der Waals surface area contributed by atoms with Gasteiger partial charge in [0, 0.05) is 18.7 Å². The first-order chi connectivity index (χ1) is 7.33. The molecule has 0 aromatic heterocycles. The fourth-order valence-electron chi connectivity index (χ4n) is 1.16. The van der Waals surface area contributed by atoms with Crippen LogP contribution in [0.2, 0.25) is 0 Å². The summed E-state index contributed by atoms with van der Waals surface area (Å²) in [7, 11) is -4.68. The Bertz CT molecular complexity index is 357. The predicted octanol–water partition coefficient (Wildman–Crippen LogP) is -1.65. The highest BCUT2D eigenvalue weighted by molar-refractivity contribution is 7.46. The molecule has 1 atom stereocenters. The van der Waals surface area contributed by atoms with Crippen LogP contribution in [0.25, 0.3) is 0 Å². The van der Waals surface area contributed by atoms with E-state index in [2.05, 4.69) is 4.52 Å². The topological polar surface area (TPSA) is 130 Å². The van der Waals surface area contributed by atoms with Crippen LogP contribution in [0, 0.1) is 0 Å². The molecule has 1 rings (SSSR count). The molecule has 90 valence electrons. The smallest absolute Gasteiger partial charge is 0.328 e. The largest absolute Gasteiger partial charge is 0.469 e. The van der Waals surface area contributed by atoms with Gasteiger partial charge >= 0.3 is 7.82 Å². The minimum Gasteiger partial charge on any atom is -0.328 e. The van der Waals surface area contributed by atoms with E-state index < -0.39 is 25.7 Å². The number of hydrogen-bond donors (Lipinski definition) is 3. The number of phosphoric acid groups is 1. The van der Waals surface area contributed by atoms with Gasteiger partial charge in [0.25, 0.3) is 11.8 Å². The number of amides is 2. The first kappa shape index (κ1) is 13.0. The normalized spacial score (nSPS) is 18.3. The van der Waals surface area contributed by atoms with Gasteiger partial charge in [0.2, 0.25) is 0 Å². The molecule has 16 heavy (non-hydrogen) atoms. The molecule has 1 heterocycles. The molecule has 2 amide bonds. The van der Waals surface area contributed by atoms with Gasteiger partial charge < -0.3 is 15.5 Å². The Kier molecular flexibility index (Phi) is 3.95. The van der Waals surface area contributed by atoms with E-state index in [0.29, 0.717) is 0 Å². The summed E-state index contributed by atoms with van der Waals surface area (Å²) in [6.07, 6.45) is 1.04. The first-order valence-corrected chi connectivity index (χ1v) is 5.84. The van der Waals surface area contributed by atoms with Crippen molar-refractivity contribution >= 4 is 19.6 Å². The molecule has 1 aliphatic rings. The summed E-state index contributed by atoms with van der Waals surface area (Å²) in [6.45, 7) is -0.506. The minimum atomic E-state index is -4.68. The highest BCUT2D eigenvalue weighted by atomic mass is 31.2. The number of carbonyl (C=O) groups excluding carboxylic acids is 2. The highest BCUT2D eigenvalue weighted by Gasteiger charge is 2.29. The summed E-state index contributed by atoms with van der Waals surface area (Å²) in [5.41, 5.74) is 5.21. The summed E-state index contributed by atoms with van der Waals surface area (Å²) in [5.74, 6) is -1.12. The molecule has 8 nitrogen and oxygen atoms in total. The maximum absolute atomic E-state index is 11.1. The van der Waals surface area contributed by atoms with E-state index in [0.717, 1.165) is 17.1 Å². The standard InChI is InChI=1S/C7H11N2O6P/c8-3-5(15-16(12,13)14)4-9-6(10)1-2-7(9)11/h1-2,5H,3-4,8H2,(H2,12,13,14). The molecule has 0 aromatic rings. The molecule has 0 bridgehead atoms.